The lowest BCUT2D eigenvalue weighted by atomic mass is 10.2. The molecule has 0 bridgehead atoms. The zero-order valence-corrected chi connectivity index (χ0v) is 10.5. The summed E-state index contributed by atoms with van der Waals surface area (Å²) < 4.78 is 21.9. The molecule has 6 heteroatoms. The van der Waals surface area contributed by atoms with E-state index in [2.05, 4.69) is 10.6 Å². The number of rotatable bonds is 3. The Balaban J connectivity index is 1.99. The topological polar surface area (TPSA) is 75.3 Å². The number of nitrogens with one attached hydrogen (secondary N) is 2. The molecule has 0 spiro atoms. The van der Waals surface area contributed by atoms with Gasteiger partial charge in [-0.1, -0.05) is 30.3 Å². The molecule has 5 nitrogen and oxygen atoms in total. The van der Waals surface area contributed by atoms with Crippen molar-refractivity contribution >= 4 is 21.1 Å². The molecule has 1 saturated heterocycles. The number of carbonyl (C=O) groups excluding carboxylic acids is 1. The van der Waals surface area contributed by atoms with E-state index >= 15 is 0 Å². The fraction of sp³-hybridized carbons (Fsp3) is 0.333. The molecule has 0 aliphatic carbocycles. The lowest BCUT2D eigenvalue weighted by Gasteiger charge is -2.11. The monoisotopic (exact) mass is 266 g/mol. The third kappa shape index (κ3) is 2.96. The number of hydrogen-bond acceptors (Lipinski definition) is 4. The predicted octanol–water partition coefficient (Wildman–Crippen LogP) is -0.284. The Labute approximate surface area is 107 Å². The molecule has 18 heavy (non-hydrogen) atoms. The summed E-state index contributed by atoms with van der Waals surface area (Å²) in [6.45, 7) is 0.920. The fourth-order valence-corrected chi connectivity index (χ4v) is 2.56. The summed E-state index contributed by atoms with van der Waals surface area (Å²) in [6.07, 6.45) is 0.402. The Bertz CT molecular complexity index is 558. The molecule has 2 N–H and O–H groups in total. The molecule has 2 rings (SSSR count). The van der Waals surface area contributed by atoms with Crippen molar-refractivity contribution < 1.29 is 13.2 Å². The SMILES string of the molecule is O=C(NCc1ccccc1)C1NCCC1=S(=O)=O. The second kappa shape index (κ2) is 5.79. The first-order valence-corrected chi connectivity index (χ1v) is 6.76. The van der Waals surface area contributed by atoms with Gasteiger partial charge in [0, 0.05) is 13.1 Å². The van der Waals surface area contributed by atoms with Crippen LogP contribution in [0, 0.1) is 0 Å². The van der Waals surface area contributed by atoms with Gasteiger partial charge in [-0.3, -0.25) is 4.79 Å². The van der Waals surface area contributed by atoms with Crippen LogP contribution < -0.4 is 10.6 Å². The highest BCUT2D eigenvalue weighted by molar-refractivity contribution is 7.73. The first-order valence-electron chi connectivity index (χ1n) is 5.68. The molecule has 1 fully saturated rings. The summed E-state index contributed by atoms with van der Waals surface area (Å²) in [4.78, 5) is 12.1. The van der Waals surface area contributed by atoms with Crippen molar-refractivity contribution in [1.82, 2.24) is 10.6 Å². The summed E-state index contributed by atoms with van der Waals surface area (Å²) in [7, 11) is -2.30. The third-order valence-electron chi connectivity index (χ3n) is 2.83. The van der Waals surface area contributed by atoms with E-state index in [4.69, 9.17) is 0 Å². The van der Waals surface area contributed by atoms with Gasteiger partial charge in [-0.25, -0.2) is 0 Å². The summed E-state index contributed by atoms with van der Waals surface area (Å²) in [5.41, 5.74) is 0.980. The van der Waals surface area contributed by atoms with Crippen LogP contribution in [0.15, 0.2) is 30.3 Å². The second-order valence-corrected chi connectivity index (χ2v) is 5.04. The molecular formula is C12H14N2O3S. The van der Waals surface area contributed by atoms with E-state index < -0.39 is 16.3 Å². The molecule has 1 aliphatic heterocycles. The maximum atomic E-state index is 11.9. The zero-order chi connectivity index (χ0) is 13.0. The highest BCUT2D eigenvalue weighted by Gasteiger charge is 2.29. The van der Waals surface area contributed by atoms with Crippen LogP contribution in [-0.4, -0.2) is 31.8 Å². The van der Waals surface area contributed by atoms with E-state index in [1.165, 1.54) is 0 Å². The molecule has 1 aliphatic rings. The Morgan fingerprint density at radius 1 is 1.33 bits per heavy atom. The minimum atomic E-state index is -2.30. The smallest absolute Gasteiger partial charge is 0.242 e. The minimum Gasteiger partial charge on any atom is -0.350 e. The normalized spacial score (nSPS) is 18.7. The largest absolute Gasteiger partial charge is 0.350 e. The maximum Gasteiger partial charge on any atom is 0.242 e. The van der Waals surface area contributed by atoms with Crippen LogP contribution in [0.1, 0.15) is 12.0 Å². The van der Waals surface area contributed by atoms with Gasteiger partial charge in [-0.2, -0.15) is 8.42 Å². The highest BCUT2D eigenvalue weighted by Crippen LogP contribution is 2.03. The van der Waals surface area contributed by atoms with E-state index in [-0.39, 0.29) is 10.8 Å². The maximum absolute atomic E-state index is 11.9. The standard InChI is InChI=1S/C12H14N2O3S/c15-12(11-10(18(16)17)6-7-13-11)14-8-9-4-2-1-3-5-9/h1-5,11,13H,6-8H2,(H,14,15). The third-order valence-corrected chi connectivity index (χ3v) is 3.70. The molecular weight excluding hydrogens is 252 g/mol. The van der Waals surface area contributed by atoms with Gasteiger partial charge in [0.2, 0.25) is 16.2 Å². The van der Waals surface area contributed by atoms with Crippen molar-refractivity contribution in [2.45, 2.75) is 19.0 Å². The van der Waals surface area contributed by atoms with E-state index in [0.717, 1.165) is 5.56 Å². The number of carbonyl (C=O) groups is 1. The average molecular weight is 266 g/mol. The number of hydrogen-bond donors (Lipinski definition) is 2. The molecule has 1 amide bonds. The van der Waals surface area contributed by atoms with E-state index in [9.17, 15) is 13.2 Å². The van der Waals surface area contributed by atoms with Crippen LogP contribution in [0.3, 0.4) is 0 Å². The second-order valence-electron chi connectivity index (χ2n) is 4.04. The van der Waals surface area contributed by atoms with Crippen molar-refractivity contribution in [3.63, 3.8) is 0 Å². The van der Waals surface area contributed by atoms with Crippen molar-refractivity contribution in [1.29, 1.82) is 0 Å². The van der Waals surface area contributed by atoms with Crippen molar-refractivity contribution in [2.75, 3.05) is 6.54 Å². The molecule has 1 unspecified atom stereocenters. The van der Waals surface area contributed by atoms with Crippen LogP contribution in [0.4, 0.5) is 0 Å². The summed E-state index contributed by atoms with van der Waals surface area (Å²) in [6, 6.07) is 8.76. The van der Waals surface area contributed by atoms with Gasteiger partial charge in [-0.15, -0.1) is 0 Å². The van der Waals surface area contributed by atoms with Crippen LogP contribution >= 0.6 is 0 Å². The Morgan fingerprint density at radius 2 is 2.06 bits per heavy atom. The molecule has 1 atom stereocenters. The lowest BCUT2D eigenvalue weighted by Crippen LogP contribution is -2.44. The first kappa shape index (κ1) is 12.8. The molecule has 0 aromatic heterocycles. The zero-order valence-electron chi connectivity index (χ0n) is 9.72. The van der Waals surface area contributed by atoms with Crippen molar-refractivity contribution in [2.24, 2.45) is 0 Å². The van der Waals surface area contributed by atoms with E-state index in [0.29, 0.717) is 19.5 Å². The average Bonchev–Trinajstić information content (AvgIpc) is 2.86. The van der Waals surface area contributed by atoms with Crippen molar-refractivity contribution in [3.8, 4) is 0 Å². The van der Waals surface area contributed by atoms with Crippen LogP contribution in [0.25, 0.3) is 0 Å². The summed E-state index contributed by atoms with van der Waals surface area (Å²) >= 11 is 0. The van der Waals surface area contributed by atoms with E-state index in [1.807, 2.05) is 30.3 Å². The Morgan fingerprint density at radius 3 is 2.72 bits per heavy atom. The van der Waals surface area contributed by atoms with Gasteiger partial charge in [0.15, 0.2) is 0 Å². The number of benzene rings is 1. The van der Waals surface area contributed by atoms with Crippen molar-refractivity contribution in [3.05, 3.63) is 35.9 Å². The quantitative estimate of drug-likeness (QED) is 0.738. The summed E-state index contributed by atoms with van der Waals surface area (Å²) in [5.74, 6) is -0.296. The van der Waals surface area contributed by atoms with Crippen LogP contribution in [0.5, 0.6) is 0 Å². The summed E-state index contributed by atoms with van der Waals surface area (Å²) in [5, 5.41) is 5.61. The fourth-order valence-electron chi connectivity index (χ4n) is 1.90. The van der Waals surface area contributed by atoms with Gasteiger partial charge in [0.05, 0.1) is 4.86 Å². The van der Waals surface area contributed by atoms with Crippen LogP contribution in [0.2, 0.25) is 0 Å². The van der Waals surface area contributed by atoms with Gasteiger partial charge < -0.3 is 10.6 Å². The van der Waals surface area contributed by atoms with E-state index in [1.54, 1.807) is 0 Å². The molecule has 0 radical (unpaired) electrons. The first-order chi connectivity index (χ1) is 8.68. The van der Waals surface area contributed by atoms with Gasteiger partial charge >= 0.3 is 0 Å². The lowest BCUT2D eigenvalue weighted by molar-refractivity contribution is -0.121. The Kier molecular flexibility index (Phi) is 4.11. The number of amides is 1. The predicted molar refractivity (Wildman–Crippen MR) is 68.6 cm³/mol. The molecule has 1 aromatic rings. The van der Waals surface area contributed by atoms with Crippen LogP contribution in [-0.2, 0) is 21.6 Å². The highest BCUT2D eigenvalue weighted by atomic mass is 32.2. The van der Waals surface area contributed by atoms with Gasteiger partial charge in [0.1, 0.15) is 6.04 Å². The van der Waals surface area contributed by atoms with Gasteiger partial charge in [0.25, 0.3) is 0 Å². The molecule has 0 saturated carbocycles. The molecule has 96 valence electrons. The van der Waals surface area contributed by atoms with Gasteiger partial charge in [-0.05, 0) is 12.0 Å². The minimum absolute atomic E-state index is 0.237. The molecule has 1 heterocycles. The molecule has 1 aromatic carbocycles. The Hall–Kier alpha value is -1.66.